The van der Waals surface area contributed by atoms with Crippen molar-refractivity contribution in [2.24, 2.45) is 0 Å². The lowest BCUT2D eigenvalue weighted by atomic mass is 9.98. The number of hydrogen-bond donors (Lipinski definition) is 1. The van der Waals surface area contributed by atoms with E-state index >= 15 is 0 Å². The number of halogens is 3. The fraction of sp³-hybridized carbons (Fsp3) is 0.250. The van der Waals surface area contributed by atoms with Crippen molar-refractivity contribution in [1.29, 1.82) is 0 Å². The molecule has 2 rings (SSSR count). The van der Waals surface area contributed by atoms with Crippen LogP contribution >= 0.6 is 22.6 Å². The van der Waals surface area contributed by atoms with E-state index in [2.05, 4.69) is 27.9 Å². The van der Waals surface area contributed by atoms with Crippen LogP contribution < -0.4 is 5.32 Å². The lowest BCUT2D eigenvalue weighted by molar-refractivity contribution is 0.480. The van der Waals surface area contributed by atoms with E-state index in [1.807, 2.05) is 31.2 Å². The second kappa shape index (κ2) is 7.13. The van der Waals surface area contributed by atoms with Crippen molar-refractivity contribution in [2.75, 3.05) is 6.54 Å². The molecule has 1 N–H and O–H groups in total. The molecule has 0 aliphatic heterocycles. The van der Waals surface area contributed by atoms with Crippen LogP contribution in [0, 0.1) is 15.2 Å². The van der Waals surface area contributed by atoms with Gasteiger partial charge in [0.2, 0.25) is 0 Å². The Morgan fingerprint density at radius 3 is 2.45 bits per heavy atom. The average molecular weight is 387 g/mol. The molecule has 106 valence electrons. The molecule has 0 heterocycles. The molecule has 4 heteroatoms. The molecule has 0 saturated carbocycles. The summed E-state index contributed by atoms with van der Waals surface area (Å²) < 4.78 is 28.6. The Kier molecular flexibility index (Phi) is 5.48. The van der Waals surface area contributed by atoms with Crippen LogP contribution in [0.1, 0.15) is 30.5 Å². The van der Waals surface area contributed by atoms with Gasteiger partial charge in [0.25, 0.3) is 0 Å². The number of hydrogen-bond acceptors (Lipinski definition) is 1. The molecule has 0 fully saturated rings. The molecule has 20 heavy (non-hydrogen) atoms. The molecule has 0 aliphatic rings. The van der Waals surface area contributed by atoms with Crippen LogP contribution in [-0.4, -0.2) is 6.54 Å². The molecule has 0 bridgehead atoms. The predicted octanol–water partition coefficient (Wildman–Crippen LogP) is 4.66. The second-order valence-corrected chi connectivity index (χ2v) is 5.71. The van der Waals surface area contributed by atoms with Gasteiger partial charge in [-0.1, -0.05) is 37.3 Å². The largest absolute Gasteiger partial charge is 0.306 e. The van der Waals surface area contributed by atoms with Crippen LogP contribution in [-0.2, 0) is 0 Å². The van der Waals surface area contributed by atoms with Crippen molar-refractivity contribution in [3.05, 3.63) is 68.8 Å². The maximum Gasteiger partial charge on any atom is 0.163 e. The fourth-order valence-electron chi connectivity index (χ4n) is 2.13. The Labute approximate surface area is 131 Å². The first-order valence-corrected chi connectivity index (χ1v) is 7.64. The quantitative estimate of drug-likeness (QED) is 0.737. The first-order chi connectivity index (χ1) is 9.65. The zero-order valence-electron chi connectivity index (χ0n) is 11.2. The maximum atomic E-state index is 14.1. The molecule has 2 aromatic rings. The van der Waals surface area contributed by atoms with E-state index in [0.717, 1.165) is 28.2 Å². The monoisotopic (exact) mass is 387 g/mol. The number of nitrogens with one attached hydrogen (secondary N) is 1. The SMILES string of the molecule is CCCNC(c1ccccc1I)c1cccc(F)c1F. The van der Waals surface area contributed by atoms with Gasteiger partial charge in [-0.2, -0.15) is 0 Å². The van der Waals surface area contributed by atoms with Crippen molar-refractivity contribution in [3.8, 4) is 0 Å². The van der Waals surface area contributed by atoms with Gasteiger partial charge in [0.15, 0.2) is 11.6 Å². The van der Waals surface area contributed by atoms with E-state index < -0.39 is 11.6 Å². The third-order valence-electron chi connectivity index (χ3n) is 3.11. The molecule has 2 aromatic carbocycles. The molecular weight excluding hydrogens is 371 g/mol. The molecule has 0 aromatic heterocycles. The summed E-state index contributed by atoms with van der Waals surface area (Å²) in [4.78, 5) is 0. The van der Waals surface area contributed by atoms with Gasteiger partial charge < -0.3 is 5.32 Å². The van der Waals surface area contributed by atoms with Gasteiger partial charge in [-0.25, -0.2) is 8.78 Å². The highest BCUT2D eigenvalue weighted by Gasteiger charge is 2.20. The number of rotatable bonds is 5. The van der Waals surface area contributed by atoms with Gasteiger partial charge in [0.1, 0.15) is 0 Å². The Hall–Kier alpha value is -1.01. The smallest absolute Gasteiger partial charge is 0.163 e. The van der Waals surface area contributed by atoms with E-state index in [1.54, 1.807) is 12.1 Å². The highest BCUT2D eigenvalue weighted by molar-refractivity contribution is 14.1. The maximum absolute atomic E-state index is 14.1. The lowest BCUT2D eigenvalue weighted by Gasteiger charge is -2.21. The van der Waals surface area contributed by atoms with Crippen LogP contribution in [0.5, 0.6) is 0 Å². The third-order valence-corrected chi connectivity index (χ3v) is 4.09. The lowest BCUT2D eigenvalue weighted by Crippen LogP contribution is -2.25. The molecular formula is C16H16F2IN. The number of benzene rings is 2. The van der Waals surface area contributed by atoms with Gasteiger partial charge in [-0.05, 0) is 53.3 Å². The van der Waals surface area contributed by atoms with Crippen LogP contribution in [0.15, 0.2) is 42.5 Å². The first-order valence-electron chi connectivity index (χ1n) is 6.56. The van der Waals surface area contributed by atoms with Crippen molar-refractivity contribution in [1.82, 2.24) is 5.32 Å². The van der Waals surface area contributed by atoms with Crippen molar-refractivity contribution >= 4 is 22.6 Å². The van der Waals surface area contributed by atoms with Crippen molar-refractivity contribution in [3.63, 3.8) is 0 Å². The van der Waals surface area contributed by atoms with Crippen LogP contribution in [0.3, 0.4) is 0 Å². The van der Waals surface area contributed by atoms with Gasteiger partial charge in [0, 0.05) is 9.13 Å². The van der Waals surface area contributed by atoms with E-state index in [9.17, 15) is 8.78 Å². The molecule has 0 saturated heterocycles. The molecule has 0 aliphatic carbocycles. The highest BCUT2D eigenvalue weighted by atomic mass is 127. The summed E-state index contributed by atoms with van der Waals surface area (Å²) in [5, 5.41) is 3.30. The van der Waals surface area contributed by atoms with E-state index in [4.69, 9.17) is 0 Å². The summed E-state index contributed by atoms with van der Waals surface area (Å²) in [5.74, 6) is -1.59. The van der Waals surface area contributed by atoms with E-state index in [1.165, 1.54) is 0 Å². The minimum atomic E-state index is -0.809. The summed E-state index contributed by atoms with van der Waals surface area (Å²) >= 11 is 2.22. The molecule has 0 amide bonds. The third kappa shape index (κ3) is 3.35. The Balaban J connectivity index is 2.47. The van der Waals surface area contributed by atoms with E-state index in [0.29, 0.717) is 5.56 Å². The second-order valence-electron chi connectivity index (χ2n) is 4.55. The van der Waals surface area contributed by atoms with Gasteiger partial charge in [-0.15, -0.1) is 0 Å². The summed E-state index contributed by atoms with van der Waals surface area (Å²) in [6, 6.07) is 11.7. The topological polar surface area (TPSA) is 12.0 Å². The zero-order valence-corrected chi connectivity index (χ0v) is 13.3. The predicted molar refractivity (Wildman–Crippen MR) is 85.7 cm³/mol. The Morgan fingerprint density at radius 1 is 1.05 bits per heavy atom. The van der Waals surface area contributed by atoms with Crippen LogP contribution in [0.25, 0.3) is 0 Å². The van der Waals surface area contributed by atoms with Crippen LogP contribution in [0.2, 0.25) is 0 Å². The Morgan fingerprint density at radius 2 is 1.75 bits per heavy atom. The van der Waals surface area contributed by atoms with Gasteiger partial charge >= 0.3 is 0 Å². The molecule has 0 radical (unpaired) electrons. The summed E-state index contributed by atoms with van der Waals surface area (Å²) in [6.45, 7) is 2.79. The summed E-state index contributed by atoms with van der Waals surface area (Å²) in [7, 11) is 0. The summed E-state index contributed by atoms with van der Waals surface area (Å²) in [5.41, 5.74) is 1.31. The standard InChI is InChI=1S/C16H16F2IN/c1-2-10-20-16(11-6-3-4-9-14(11)19)12-7-5-8-13(17)15(12)18/h3-9,16,20H,2,10H2,1H3. The zero-order chi connectivity index (χ0) is 14.5. The molecule has 1 nitrogen and oxygen atoms in total. The van der Waals surface area contributed by atoms with E-state index in [-0.39, 0.29) is 6.04 Å². The Bertz CT molecular complexity index is 586. The molecule has 1 atom stereocenters. The fourth-order valence-corrected chi connectivity index (χ4v) is 2.83. The highest BCUT2D eigenvalue weighted by Crippen LogP contribution is 2.28. The first kappa shape index (κ1) is 15.4. The van der Waals surface area contributed by atoms with Crippen LogP contribution in [0.4, 0.5) is 8.78 Å². The van der Waals surface area contributed by atoms with Gasteiger partial charge in [0.05, 0.1) is 6.04 Å². The normalized spacial score (nSPS) is 12.4. The summed E-state index contributed by atoms with van der Waals surface area (Å²) in [6.07, 6.45) is 0.927. The minimum absolute atomic E-state index is 0.334. The van der Waals surface area contributed by atoms with Crippen molar-refractivity contribution < 1.29 is 8.78 Å². The molecule has 0 spiro atoms. The van der Waals surface area contributed by atoms with Gasteiger partial charge in [-0.3, -0.25) is 0 Å². The minimum Gasteiger partial charge on any atom is -0.306 e. The van der Waals surface area contributed by atoms with Crippen molar-refractivity contribution in [2.45, 2.75) is 19.4 Å². The molecule has 1 unspecified atom stereocenters. The average Bonchev–Trinajstić information content (AvgIpc) is 2.45.